The van der Waals surface area contributed by atoms with Gasteiger partial charge in [0.15, 0.2) is 6.04 Å². The first-order valence-electron chi connectivity index (χ1n) is 6.83. The standard InChI is InChI=1S/C13H25NO5/c1-3-4-5-6-7-8-9-19-13(18)14-11(10(2)15)12(16)17/h10-11,15H,3-9H2,1-2H3,(H,14,18)(H,16,17). The van der Waals surface area contributed by atoms with Gasteiger partial charge in [0.2, 0.25) is 0 Å². The lowest BCUT2D eigenvalue weighted by Gasteiger charge is -2.16. The van der Waals surface area contributed by atoms with Crippen molar-refractivity contribution in [3.05, 3.63) is 0 Å². The SMILES string of the molecule is CCCCCCCCOC(=O)NC(C(=O)O)C(C)O. The van der Waals surface area contributed by atoms with E-state index in [-0.39, 0.29) is 6.61 Å². The van der Waals surface area contributed by atoms with Gasteiger partial charge in [0.25, 0.3) is 0 Å². The third kappa shape index (κ3) is 9.30. The van der Waals surface area contributed by atoms with E-state index in [9.17, 15) is 14.7 Å². The summed E-state index contributed by atoms with van der Waals surface area (Å²) in [5, 5.41) is 20.0. The zero-order chi connectivity index (χ0) is 14.7. The van der Waals surface area contributed by atoms with E-state index in [0.717, 1.165) is 19.3 Å². The molecule has 0 aliphatic rings. The van der Waals surface area contributed by atoms with Gasteiger partial charge in [0.1, 0.15) is 0 Å². The van der Waals surface area contributed by atoms with Gasteiger partial charge in [0, 0.05) is 0 Å². The Morgan fingerprint density at radius 1 is 1.16 bits per heavy atom. The first-order chi connectivity index (χ1) is 8.99. The van der Waals surface area contributed by atoms with Crippen molar-refractivity contribution in [1.82, 2.24) is 5.32 Å². The van der Waals surface area contributed by atoms with Crippen LogP contribution < -0.4 is 5.32 Å². The molecule has 1 amide bonds. The van der Waals surface area contributed by atoms with E-state index in [2.05, 4.69) is 12.2 Å². The van der Waals surface area contributed by atoms with Crippen molar-refractivity contribution in [2.45, 2.75) is 64.5 Å². The smallest absolute Gasteiger partial charge is 0.407 e. The monoisotopic (exact) mass is 275 g/mol. The Hall–Kier alpha value is -1.30. The normalized spacial score (nSPS) is 13.6. The van der Waals surface area contributed by atoms with Crippen LogP contribution in [-0.4, -0.2) is 41.0 Å². The van der Waals surface area contributed by atoms with Crippen molar-refractivity contribution in [3.63, 3.8) is 0 Å². The summed E-state index contributed by atoms with van der Waals surface area (Å²) < 4.78 is 4.85. The molecule has 6 heteroatoms. The second-order valence-electron chi connectivity index (χ2n) is 4.60. The molecule has 2 atom stereocenters. The predicted octanol–water partition coefficient (Wildman–Crippen LogP) is 1.91. The number of hydrogen-bond acceptors (Lipinski definition) is 4. The first-order valence-corrected chi connectivity index (χ1v) is 6.83. The van der Waals surface area contributed by atoms with E-state index in [4.69, 9.17) is 9.84 Å². The molecular weight excluding hydrogens is 250 g/mol. The van der Waals surface area contributed by atoms with E-state index in [1.165, 1.54) is 26.2 Å². The minimum atomic E-state index is -1.34. The number of hydrogen-bond donors (Lipinski definition) is 3. The highest BCUT2D eigenvalue weighted by Gasteiger charge is 2.25. The minimum absolute atomic E-state index is 0.268. The molecule has 0 aromatic heterocycles. The third-order valence-electron chi connectivity index (χ3n) is 2.75. The molecule has 0 bridgehead atoms. The molecule has 0 rings (SSSR count). The van der Waals surface area contributed by atoms with Gasteiger partial charge in [-0.3, -0.25) is 0 Å². The maximum absolute atomic E-state index is 11.3. The van der Waals surface area contributed by atoms with Crippen molar-refractivity contribution in [2.75, 3.05) is 6.61 Å². The molecule has 0 spiro atoms. The highest BCUT2D eigenvalue weighted by atomic mass is 16.5. The molecule has 0 radical (unpaired) electrons. The van der Waals surface area contributed by atoms with Gasteiger partial charge in [0.05, 0.1) is 12.7 Å². The van der Waals surface area contributed by atoms with Gasteiger partial charge < -0.3 is 20.3 Å². The Balaban J connectivity index is 3.66. The Bertz CT molecular complexity index is 268. The molecule has 0 saturated heterocycles. The average Bonchev–Trinajstić information content (AvgIpc) is 2.34. The van der Waals surface area contributed by atoms with Gasteiger partial charge in [-0.25, -0.2) is 9.59 Å². The molecule has 0 aliphatic heterocycles. The molecular formula is C13H25NO5. The molecule has 3 N–H and O–H groups in total. The second-order valence-corrected chi connectivity index (χ2v) is 4.60. The van der Waals surface area contributed by atoms with Crippen LogP contribution in [0.15, 0.2) is 0 Å². The fourth-order valence-electron chi connectivity index (χ4n) is 1.60. The molecule has 6 nitrogen and oxygen atoms in total. The number of rotatable bonds is 10. The molecule has 2 unspecified atom stereocenters. The summed E-state index contributed by atoms with van der Waals surface area (Å²) in [4.78, 5) is 22.0. The Morgan fingerprint density at radius 3 is 2.26 bits per heavy atom. The largest absolute Gasteiger partial charge is 0.480 e. The van der Waals surface area contributed by atoms with E-state index >= 15 is 0 Å². The maximum Gasteiger partial charge on any atom is 0.407 e. The van der Waals surface area contributed by atoms with Gasteiger partial charge in [-0.15, -0.1) is 0 Å². The molecule has 0 saturated carbocycles. The van der Waals surface area contributed by atoms with Crippen LogP contribution in [0.4, 0.5) is 4.79 Å². The van der Waals surface area contributed by atoms with Gasteiger partial charge in [-0.05, 0) is 13.3 Å². The highest BCUT2D eigenvalue weighted by Crippen LogP contribution is 2.05. The fourth-order valence-corrected chi connectivity index (χ4v) is 1.60. The van der Waals surface area contributed by atoms with E-state index in [1.807, 2.05) is 0 Å². The number of unbranched alkanes of at least 4 members (excludes halogenated alkanes) is 5. The van der Waals surface area contributed by atoms with Crippen molar-refractivity contribution >= 4 is 12.1 Å². The maximum atomic E-state index is 11.3. The van der Waals surface area contributed by atoms with E-state index < -0.39 is 24.2 Å². The number of aliphatic carboxylic acids is 1. The Kier molecular flexibility index (Phi) is 9.88. The summed E-state index contributed by atoms with van der Waals surface area (Å²) in [6.45, 7) is 3.71. The number of alkyl carbamates (subject to hydrolysis) is 1. The molecule has 0 aliphatic carbocycles. The van der Waals surface area contributed by atoms with Crippen LogP contribution in [0.1, 0.15) is 52.4 Å². The second kappa shape index (κ2) is 10.6. The van der Waals surface area contributed by atoms with Crippen LogP contribution in [0.3, 0.4) is 0 Å². The van der Waals surface area contributed by atoms with Crippen LogP contribution in [0, 0.1) is 0 Å². The lowest BCUT2D eigenvalue weighted by Crippen LogP contribution is -2.47. The molecule has 0 aromatic carbocycles. The number of carbonyl (C=O) groups is 2. The number of carboxylic acid groups (broad SMARTS) is 1. The quantitative estimate of drug-likeness (QED) is 0.529. The Labute approximate surface area is 114 Å². The number of aliphatic hydroxyl groups excluding tert-OH is 1. The number of carboxylic acids is 1. The number of amides is 1. The number of ether oxygens (including phenoxy) is 1. The lowest BCUT2D eigenvalue weighted by atomic mass is 10.1. The zero-order valence-corrected chi connectivity index (χ0v) is 11.7. The molecule has 0 fully saturated rings. The van der Waals surface area contributed by atoms with E-state index in [1.54, 1.807) is 0 Å². The molecule has 112 valence electrons. The summed E-state index contributed by atoms with van der Waals surface area (Å²) in [7, 11) is 0. The molecule has 0 heterocycles. The molecule has 19 heavy (non-hydrogen) atoms. The third-order valence-corrected chi connectivity index (χ3v) is 2.75. The lowest BCUT2D eigenvalue weighted by molar-refractivity contribution is -0.142. The summed E-state index contributed by atoms with van der Waals surface area (Å²) in [5.41, 5.74) is 0. The predicted molar refractivity (Wildman–Crippen MR) is 71.0 cm³/mol. The van der Waals surface area contributed by atoms with Crippen LogP contribution >= 0.6 is 0 Å². The Morgan fingerprint density at radius 2 is 1.74 bits per heavy atom. The first kappa shape index (κ1) is 17.7. The van der Waals surface area contributed by atoms with Crippen LogP contribution in [0.25, 0.3) is 0 Å². The van der Waals surface area contributed by atoms with Gasteiger partial charge in [-0.1, -0.05) is 39.0 Å². The minimum Gasteiger partial charge on any atom is -0.480 e. The summed E-state index contributed by atoms with van der Waals surface area (Å²) in [5.74, 6) is -1.29. The summed E-state index contributed by atoms with van der Waals surface area (Å²) in [6.07, 6.45) is 4.50. The number of carbonyl (C=O) groups excluding carboxylic acids is 1. The van der Waals surface area contributed by atoms with Crippen LogP contribution in [0.2, 0.25) is 0 Å². The van der Waals surface area contributed by atoms with Crippen molar-refractivity contribution in [2.24, 2.45) is 0 Å². The van der Waals surface area contributed by atoms with Crippen LogP contribution in [0.5, 0.6) is 0 Å². The van der Waals surface area contributed by atoms with E-state index in [0.29, 0.717) is 0 Å². The van der Waals surface area contributed by atoms with Gasteiger partial charge >= 0.3 is 12.1 Å². The average molecular weight is 275 g/mol. The van der Waals surface area contributed by atoms with Crippen molar-refractivity contribution < 1.29 is 24.5 Å². The molecule has 0 aromatic rings. The number of nitrogens with one attached hydrogen (secondary N) is 1. The zero-order valence-electron chi connectivity index (χ0n) is 11.7. The van der Waals surface area contributed by atoms with Gasteiger partial charge in [-0.2, -0.15) is 0 Å². The number of aliphatic hydroxyl groups is 1. The van der Waals surface area contributed by atoms with Crippen LogP contribution in [-0.2, 0) is 9.53 Å². The fraction of sp³-hybridized carbons (Fsp3) is 0.846. The summed E-state index contributed by atoms with van der Waals surface area (Å²) >= 11 is 0. The highest BCUT2D eigenvalue weighted by molar-refractivity contribution is 5.80. The van der Waals surface area contributed by atoms with Crippen molar-refractivity contribution in [3.8, 4) is 0 Å². The summed E-state index contributed by atoms with van der Waals surface area (Å²) in [6, 6.07) is -1.34. The topological polar surface area (TPSA) is 95.9 Å². The van der Waals surface area contributed by atoms with Crippen molar-refractivity contribution in [1.29, 1.82) is 0 Å².